The fraction of sp³-hybridized carbons (Fsp3) is 0.600. The normalized spacial score (nSPS) is 19.8. The highest BCUT2D eigenvalue weighted by atomic mass is 32.2. The van der Waals surface area contributed by atoms with E-state index in [9.17, 15) is 13.2 Å². The number of rotatable bonds is 5. The van der Waals surface area contributed by atoms with E-state index in [1.54, 1.807) is 12.3 Å². The first kappa shape index (κ1) is 16.9. The number of anilines is 1. The van der Waals surface area contributed by atoms with Crippen molar-refractivity contribution in [1.29, 1.82) is 0 Å². The summed E-state index contributed by atoms with van der Waals surface area (Å²) >= 11 is 0. The summed E-state index contributed by atoms with van der Waals surface area (Å²) in [5, 5.41) is 2.77. The molecule has 1 unspecified atom stereocenters. The predicted octanol–water partition coefficient (Wildman–Crippen LogP) is 1.78. The van der Waals surface area contributed by atoms with Crippen LogP contribution in [-0.2, 0) is 14.8 Å². The number of aryl methyl sites for hydroxylation is 1. The lowest BCUT2D eigenvalue weighted by molar-refractivity contribution is -0.120. The van der Waals surface area contributed by atoms with Gasteiger partial charge in [0.05, 0.1) is 11.7 Å². The van der Waals surface area contributed by atoms with E-state index >= 15 is 0 Å². The molecule has 0 radical (unpaired) electrons. The molecule has 0 saturated carbocycles. The summed E-state index contributed by atoms with van der Waals surface area (Å²) in [4.78, 5) is 16.5. The zero-order chi connectivity index (χ0) is 16.2. The highest BCUT2D eigenvalue weighted by Crippen LogP contribution is 2.21. The summed E-state index contributed by atoms with van der Waals surface area (Å²) in [6.07, 6.45) is 3.69. The molecule has 1 amide bonds. The van der Waals surface area contributed by atoms with Crippen LogP contribution >= 0.6 is 0 Å². The Labute approximate surface area is 132 Å². The Hall–Kier alpha value is -1.47. The molecule has 1 N–H and O–H groups in total. The molecule has 1 aromatic rings. The Kier molecular flexibility index (Phi) is 5.52. The van der Waals surface area contributed by atoms with E-state index in [1.807, 2.05) is 19.9 Å². The zero-order valence-electron chi connectivity index (χ0n) is 13.1. The molecule has 6 nitrogen and oxygen atoms in total. The minimum absolute atomic E-state index is 0.140. The summed E-state index contributed by atoms with van der Waals surface area (Å²) in [5.74, 6) is 0.168. The molecule has 0 aromatic carbocycles. The van der Waals surface area contributed by atoms with Gasteiger partial charge in [0.1, 0.15) is 5.82 Å². The van der Waals surface area contributed by atoms with Crippen molar-refractivity contribution in [2.75, 3.05) is 24.2 Å². The molecule has 0 bridgehead atoms. The van der Waals surface area contributed by atoms with Crippen LogP contribution in [0.2, 0.25) is 0 Å². The van der Waals surface area contributed by atoms with E-state index in [0.29, 0.717) is 31.6 Å². The van der Waals surface area contributed by atoms with Crippen LogP contribution in [0.5, 0.6) is 0 Å². The van der Waals surface area contributed by atoms with Gasteiger partial charge in [-0.25, -0.2) is 17.7 Å². The fourth-order valence-corrected chi connectivity index (χ4v) is 4.15. The molecule has 122 valence electrons. The van der Waals surface area contributed by atoms with Crippen LogP contribution in [0.25, 0.3) is 0 Å². The fourth-order valence-electron chi connectivity index (χ4n) is 2.57. The largest absolute Gasteiger partial charge is 0.310 e. The lowest BCUT2D eigenvalue weighted by Gasteiger charge is -2.31. The first-order valence-electron chi connectivity index (χ1n) is 7.63. The van der Waals surface area contributed by atoms with Crippen molar-refractivity contribution in [1.82, 2.24) is 9.29 Å². The number of sulfonamides is 1. The second-order valence-corrected chi connectivity index (χ2v) is 7.81. The van der Waals surface area contributed by atoms with Crippen LogP contribution in [0.3, 0.4) is 0 Å². The zero-order valence-corrected chi connectivity index (χ0v) is 13.9. The van der Waals surface area contributed by atoms with Crippen LogP contribution < -0.4 is 5.32 Å². The molecular formula is C15H23N3O3S. The van der Waals surface area contributed by atoms with Crippen molar-refractivity contribution in [2.45, 2.75) is 33.1 Å². The number of hydrogen-bond acceptors (Lipinski definition) is 4. The lowest BCUT2D eigenvalue weighted by Crippen LogP contribution is -2.44. The standard InChI is InChI=1S/C15H23N3O3S/c1-3-9-22(20,21)18-8-4-5-13(11-18)15(19)17-14-7-6-12(2)10-16-14/h6-7,10,13H,3-5,8-9,11H2,1-2H3,(H,16,17,19). The third kappa shape index (κ3) is 4.27. The first-order chi connectivity index (χ1) is 10.4. The molecule has 1 saturated heterocycles. The van der Waals surface area contributed by atoms with Crippen LogP contribution in [0.1, 0.15) is 31.7 Å². The monoisotopic (exact) mass is 325 g/mol. The minimum atomic E-state index is -3.24. The van der Waals surface area contributed by atoms with Crippen LogP contribution in [0.4, 0.5) is 5.82 Å². The third-order valence-electron chi connectivity index (χ3n) is 3.77. The smallest absolute Gasteiger partial charge is 0.229 e. The average molecular weight is 325 g/mol. The maximum Gasteiger partial charge on any atom is 0.229 e. The molecule has 1 aliphatic heterocycles. The van der Waals surface area contributed by atoms with Gasteiger partial charge in [0, 0.05) is 19.3 Å². The van der Waals surface area contributed by atoms with Crippen LogP contribution in [0, 0.1) is 12.8 Å². The summed E-state index contributed by atoms with van der Waals surface area (Å²) in [7, 11) is -3.24. The lowest BCUT2D eigenvalue weighted by atomic mass is 9.99. The summed E-state index contributed by atoms with van der Waals surface area (Å²) < 4.78 is 25.7. The van der Waals surface area contributed by atoms with Crippen LogP contribution in [-0.4, -0.2) is 42.5 Å². The van der Waals surface area contributed by atoms with Crippen molar-refractivity contribution in [3.05, 3.63) is 23.9 Å². The number of nitrogens with one attached hydrogen (secondary N) is 1. The number of pyridine rings is 1. The van der Waals surface area contributed by atoms with E-state index < -0.39 is 10.0 Å². The predicted molar refractivity (Wildman–Crippen MR) is 86.0 cm³/mol. The number of aromatic nitrogens is 1. The summed E-state index contributed by atoms with van der Waals surface area (Å²) in [5.41, 5.74) is 1.02. The third-order valence-corrected chi connectivity index (χ3v) is 5.82. The average Bonchev–Trinajstić information content (AvgIpc) is 2.50. The maximum absolute atomic E-state index is 12.3. The van der Waals surface area contributed by atoms with Gasteiger partial charge >= 0.3 is 0 Å². The minimum Gasteiger partial charge on any atom is -0.310 e. The van der Waals surface area contributed by atoms with E-state index in [4.69, 9.17) is 0 Å². The molecule has 22 heavy (non-hydrogen) atoms. The molecule has 1 aliphatic rings. The van der Waals surface area contributed by atoms with Gasteiger partial charge in [-0.1, -0.05) is 13.0 Å². The van der Waals surface area contributed by atoms with Gasteiger partial charge in [-0.3, -0.25) is 4.79 Å². The van der Waals surface area contributed by atoms with Gasteiger partial charge < -0.3 is 5.32 Å². The van der Waals surface area contributed by atoms with Crippen molar-refractivity contribution < 1.29 is 13.2 Å². The number of hydrogen-bond donors (Lipinski definition) is 1. The van der Waals surface area contributed by atoms with Gasteiger partial charge in [-0.2, -0.15) is 0 Å². The maximum atomic E-state index is 12.3. The van der Waals surface area contributed by atoms with E-state index in [-0.39, 0.29) is 24.1 Å². The number of amides is 1. The van der Waals surface area contributed by atoms with E-state index in [2.05, 4.69) is 10.3 Å². The second-order valence-electron chi connectivity index (χ2n) is 5.72. The van der Waals surface area contributed by atoms with Gasteiger partial charge in [0.25, 0.3) is 0 Å². The molecular weight excluding hydrogens is 302 g/mol. The molecule has 1 fully saturated rings. The Morgan fingerprint density at radius 3 is 2.86 bits per heavy atom. The first-order valence-corrected chi connectivity index (χ1v) is 9.24. The van der Waals surface area contributed by atoms with E-state index in [0.717, 1.165) is 5.56 Å². The Morgan fingerprint density at radius 2 is 2.23 bits per heavy atom. The SMILES string of the molecule is CCCS(=O)(=O)N1CCCC(C(=O)Nc2ccc(C)cn2)C1. The Bertz CT molecular complexity index is 613. The van der Waals surface area contributed by atoms with Crippen molar-refractivity contribution in [3.63, 3.8) is 0 Å². The number of nitrogens with zero attached hydrogens (tertiary/aromatic N) is 2. The van der Waals surface area contributed by atoms with Crippen LogP contribution in [0.15, 0.2) is 18.3 Å². The molecule has 1 aromatic heterocycles. The van der Waals surface area contributed by atoms with Gasteiger partial charge in [-0.15, -0.1) is 0 Å². The Balaban J connectivity index is 1.99. The topological polar surface area (TPSA) is 79.4 Å². The van der Waals surface area contributed by atoms with Gasteiger partial charge in [0.15, 0.2) is 0 Å². The number of carbonyl (C=O) groups excluding carboxylic acids is 1. The summed E-state index contributed by atoms with van der Waals surface area (Å²) in [6, 6.07) is 3.63. The molecule has 2 rings (SSSR count). The molecule has 0 spiro atoms. The Morgan fingerprint density at radius 1 is 1.45 bits per heavy atom. The summed E-state index contributed by atoms with van der Waals surface area (Å²) in [6.45, 7) is 4.54. The van der Waals surface area contributed by atoms with Gasteiger partial charge in [0.2, 0.25) is 15.9 Å². The highest BCUT2D eigenvalue weighted by Gasteiger charge is 2.31. The number of carbonyl (C=O) groups is 1. The molecule has 1 atom stereocenters. The molecule has 7 heteroatoms. The van der Waals surface area contributed by atoms with Gasteiger partial charge in [-0.05, 0) is 37.8 Å². The molecule has 2 heterocycles. The molecule has 0 aliphatic carbocycles. The second kappa shape index (κ2) is 7.19. The van der Waals surface area contributed by atoms with Crippen molar-refractivity contribution in [2.24, 2.45) is 5.92 Å². The highest BCUT2D eigenvalue weighted by molar-refractivity contribution is 7.89. The quantitative estimate of drug-likeness (QED) is 0.895. The van der Waals surface area contributed by atoms with Crippen molar-refractivity contribution in [3.8, 4) is 0 Å². The van der Waals surface area contributed by atoms with E-state index in [1.165, 1.54) is 4.31 Å². The van der Waals surface area contributed by atoms with Crippen molar-refractivity contribution >= 4 is 21.7 Å². The number of piperidine rings is 1.